The van der Waals surface area contributed by atoms with Crippen molar-refractivity contribution in [3.63, 3.8) is 0 Å². The van der Waals surface area contributed by atoms with Crippen LogP contribution in [0, 0.1) is 6.92 Å². The summed E-state index contributed by atoms with van der Waals surface area (Å²) in [5.41, 5.74) is 2.56. The summed E-state index contributed by atoms with van der Waals surface area (Å²) in [7, 11) is 0. The van der Waals surface area contributed by atoms with Crippen LogP contribution in [0.2, 0.25) is 5.02 Å². The maximum absolute atomic E-state index is 10.6. The highest BCUT2D eigenvalue weighted by Gasteiger charge is 2.04. The third kappa shape index (κ3) is 1.23. The van der Waals surface area contributed by atoms with Crippen LogP contribution in [0.25, 0.3) is 10.9 Å². The van der Waals surface area contributed by atoms with E-state index in [4.69, 9.17) is 11.6 Å². The standard InChI is InChI=1S/C10H8ClNO/c1-6-2-8-7(5-13)4-12-10(8)3-9(6)11/h2-5,12H,1H3. The van der Waals surface area contributed by atoms with Crippen molar-refractivity contribution in [2.75, 3.05) is 0 Å². The van der Waals surface area contributed by atoms with E-state index in [0.29, 0.717) is 10.6 Å². The van der Waals surface area contributed by atoms with Gasteiger partial charge in [0.05, 0.1) is 0 Å². The van der Waals surface area contributed by atoms with Gasteiger partial charge in [-0.1, -0.05) is 11.6 Å². The molecule has 3 heteroatoms. The Hall–Kier alpha value is -1.28. The minimum Gasteiger partial charge on any atom is -0.360 e. The number of carbonyl (C=O) groups is 1. The van der Waals surface area contributed by atoms with Gasteiger partial charge >= 0.3 is 0 Å². The van der Waals surface area contributed by atoms with Crippen molar-refractivity contribution in [2.45, 2.75) is 6.92 Å². The third-order valence-corrected chi connectivity index (χ3v) is 2.53. The highest BCUT2D eigenvalue weighted by atomic mass is 35.5. The Bertz CT molecular complexity index is 473. The number of hydrogen-bond acceptors (Lipinski definition) is 1. The maximum Gasteiger partial charge on any atom is 0.152 e. The minimum absolute atomic E-state index is 0.676. The summed E-state index contributed by atoms with van der Waals surface area (Å²) in [6.45, 7) is 1.92. The fourth-order valence-electron chi connectivity index (χ4n) is 1.37. The monoisotopic (exact) mass is 193 g/mol. The second-order valence-corrected chi connectivity index (χ2v) is 3.42. The van der Waals surface area contributed by atoms with Gasteiger partial charge < -0.3 is 4.98 Å². The van der Waals surface area contributed by atoms with E-state index in [1.54, 1.807) is 6.20 Å². The van der Waals surface area contributed by atoms with E-state index in [0.717, 1.165) is 22.8 Å². The molecule has 0 unspecified atom stereocenters. The lowest BCUT2D eigenvalue weighted by atomic mass is 10.1. The zero-order valence-corrected chi connectivity index (χ0v) is 7.85. The van der Waals surface area contributed by atoms with Crippen LogP contribution in [-0.4, -0.2) is 11.3 Å². The molecule has 0 aliphatic heterocycles. The summed E-state index contributed by atoms with van der Waals surface area (Å²) >= 11 is 5.93. The first-order valence-corrected chi connectivity index (χ1v) is 4.32. The number of benzene rings is 1. The lowest BCUT2D eigenvalue weighted by molar-refractivity contribution is 0.112. The molecule has 2 rings (SSSR count). The topological polar surface area (TPSA) is 32.9 Å². The summed E-state index contributed by atoms with van der Waals surface area (Å²) in [6.07, 6.45) is 2.53. The number of H-pyrrole nitrogens is 1. The second kappa shape index (κ2) is 2.89. The summed E-state index contributed by atoms with van der Waals surface area (Å²) in [5, 5.41) is 1.64. The van der Waals surface area contributed by atoms with Crippen LogP contribution in [-0.2, 0) is 0 Å². The highest BCUT2D eigenvalue weighted by Crippen LogP contribution is 2.24. The predicted octanol–water partition coefficient (Wildman–Crippen LogP) is 2.94. The van der Waals surface area contributed by atoms with Gasteiger partial charge in [-0.3, -0.25) is 4.79 Å². The molecular formula is C10H8ClNO. The number of rotatable bonds is 1. The maximum atomic E-state index is 10.6. The molecule has 66 valence electrons. The molecule has 2 nitrogen and oxygen atoms in total. The summed E-state index contributed by atoms with van der Waals surface area (Å²) in [6, 6.07) is 3.75. The van der Waals surface area contributed by atoms with Crippen LogP contribution in [0.5, 0.6) is 0 Å². The number of nitrogens with one attached hydrogen (secondary N) is 1. The summed E-state index contributed by atoms with van der Waals surface area (Å²) in [4.78, 5) is 13.6. The molecule has 0 atom stereocenters. The van der Waals surface area contributed by atoms with Gasteiger partial charge in [-0.05, 0) is 24.6 Å². The van der Waals surface area contributed by atoms with Gasteiger partial charge in [-0.2, -0.15) is 0 Å². The van der Waals surface area contributed by atoms with Crippen molar-refractivity contribution >= 4 is 28.8 Å². The van der Waals surface area contributed by atoms with Crippen molar-refractivity contribution in [2.24, 2.45) is 0 Å². The molecule has 0 bridgehead atoms. The van der Waals surface area contributed by atoms with E-state index < -0.39 is 0 Å². The van der Waals surface area contributed by atoms with Gasteiger partial charge in [0.25, 0.3) is 0 Å². The van der Waals surface area contributed by atoms with E-state index in [2.05, 4.69) is 4.98 Å². The van der Waals surface area contributed by atoms with Gasteiger partial charge in [0.15, 0.2) is 6.29 Å². The van der Waals surface area contributed by atoms with Crippen molar-refractivity contribution in [3.05, 3.63) is 34.5 Å². The van der Waals surface area contributed by atoms with E-state index in [1.165, 1.54) is 0 Å². The number of fused-ring (bicyclic) bond motifs is 1. The van der Waals surface area contributed by atoms with Gasteiger partial charge in [-0.25, -0.2) is 0 Å². The Balaban J connectivity index is 2.84. The Morgan fingerprint density at radius 3 is 2.92 bits per heavy atom. The summed E-state index contributed by atoms with van der Waals surface area (Å²) in [5.74, 6) is 0. The minimum atomic E-state index is 0.676. The molecule has 0 radical (unpaired) electrons. The molecule has 1 aromatic carbocycles. The van der Waals surface area contributed by atoms with Crippen LogP contribution < -0.4 is 0 Å². The molecule has 1 heterocycles. The molecule has 0 aliphatic rings. The van der Waals surface area contributed by atoms with Gasteiger partial charge in [0, 0.05) is 27.7 Å². The molecule has 1 aromatic heterocycles. The van der Waals surface area contributed by atoms with Gasteiger partial charge in [0.1, 0.15) is 0 Å². The number of carbonyl (C=O) groups excluding carboxylic acids is 1. The molecule has 1 N–H and O–H groups in total. The number of aromatic nitrogens is 1. The molecule has 0 spiro atoms. The number of aldehydes is 1. The quantitative estimate of drug-likeness (QED) is 0.694. The van der Waals surface area contributed by atoms with E-state index in [9.17, 15) is 4.79 Å². The van der Waals surface area contributed by atoms with Crippen LogP contribution in [0.15, 0.2) is 18.3 Å². The fourth-order valence-corrected chi connectivity index (χ4v) is 1.53. The lowest BCUT2D eigenvalue weighted by Crippen LogP contribution is -1.78. The molecule has 0 aliphatic carbocycles. The van der Waals surface area contributed by atoms with Crippen LogP contribution in [0.3, 0.4) is 0 Å². The largest absolute Gasteiger partial charge is 0.360 e. The highest BCUT2D eigenvalue weighted by molar-refractivity contribution is 6.32. The number of aromatic amines is 1. The zero-order valence-electron chi connectivity index (χ0n) is 7.10. The average molecular weight is 194 g/mol. The predicted molar refractivity (Wildman–Crippen MR) is 53.4 cm³/mol. The van der Waals surface area contributed by atoms with E-state index in [1.807, 2.05) is 19.1 Å². The van der Waals surface area contributed by atoms with Crippen LogP contribution in [0.4, 0.5) is 0 Å². The number of aryl methyl sites for hydroxylation is 1. The SMILES string of the molecule is Cc1cc2c(C=O)c[nH]c2cc1Cl. The Morgan fingerprint density at radius 2 is 2.23 bits per heavy atom. The van der Waals surface area contributed by atoms with Crippen molar-refractivity contribution < 1.29 is 4.79 Å². The Labute approximate surface area is 80.5 Å². The normalized spacial score (nSPS) is 10.6. The first kappa shape index (κ1) is 8.32. The first-order valence-electron chi connectivity index (χ1n) is 3.95. The third-order valence-electron chi connectivity index (χ3n) is 2.12. The Morgan fingerprint density at radius 1 is 1.46 bits per heavy atom. The van der Waals surface area contributed by atoms with Crippen molar-refractivity contribution in [1.29, 1.82) is 0 Å². The molecule has 0 amide bonds. The van der Waals surface area contributed by atoms with Crippen molar-refractivity contribution in [1.82, 2.24) is 4.98 Å². The first-order chi connectivity index (χ1) is 6.22. The molecular weight excluding hydrogens is 186 g/mol. The average Bonchev–Trinajstić information content (AvgIpc) is 2.48. The Kier molecular flexibility index (Phi) is 1.85. The number of halogens is 1. The molecule has 0 fully saturated rings. The zero-order chi connectivity index (χ0) is 9.42. The van der Waals surface area contributed by atoms with Crippen LogP contribution >= 0.6 is 11.6 Å². The lowest BCUT2D eigenvalue weighted by Gasteiger charge is -1.97. The molecule has 0 saturated carbocycles. The van der Waals surface area contributed by atoms with E-state index >= 15 is 0 Å². The van der Waals surface area contributed by atoms with Gasteiger partial charge in [-0.15, -0.1) is 0 Å². The van der Waals surface area contributed by atoms with E-state index in [-0.39, 0.29) is 0 Å². The summed E-state index contributed by atoms with van der Waals surface area (Å²) < 4.78 is 0. The molecule has 0 saturated heterocycles. The van der Waals surface area contributed by atoms with Gasteiger partial charge in [0.2, 0.25) is 0 Å². The smallest absolute Gasteiger partial charge is 0.152 e. The second-order valence-electron chi connectivity index (χ2n) is 3.01. The number of hydrogen-bond donors (Lipinski definition) is 1. The van der Waals surface area contributed by atoms with Crippen molar-refractivity contribution in [3.8, 4) is 0 Å². The fraction of sp³-hybridized carbons (Fsp3) is 0.100. The molecule has 2 aromatic rings. The molecule has 13 heavy (non-hydrogen) atoms. The van der Waals surface area contributed by atoms with Crippen LogP contribution in [0.1, 0.15) is 15.9 Å².